The predicted molar refractivity (Wildman–Crippen MR) is 113 cm³/mol. The Hall–Kier alpha value is -2.40. The van der Waals surface area contributed by atoms with Crippen molar-refractivity contribution >= 4 is 23.2 Å². The van der Waals surface area contributed by atoms with Crippen LogP contribution in [0.1, 0.15) is 31.2 Å². The summed E-state index contributed by atoms with van der Waals surface area (Å²) in [7, 11) is 0. The Labute approximate surface area is 174 Å². The average Bonchev–Trinajstić information content (AvgIpc) is 3.29. The molecule has 2 aromatic carbocycles. The summed E-state index contributed by atoms with van der Waals surface area (Å²) >= 11 is 1.91. The van der Waals surface area contributed by atoms with Gasteiger partial charge in [-0.1, -0.05) is 30.3 Å². The highest BCUT2D eigenvalue weighted by Crippen LogP contribution is 2.52. The van der Waals surface area contributed by atoms with Gasteiger partial charge in [0, 0.05) is 23.1 Å². The summed E-state index contributed by atoms with van der Waals surface area (Å²) in [5.41, 5.74) is 2.35. The molecule has 3 unspecified atom stereocenters. The minimum absolute atomic E-state index is 0.137. The number of hydrogen-bond acceptors (Lipinski definition) is 4. The van der Waals surface area contributed by atoms with Crippen LogP contribution in [0.4, 0.5) is 0 Å². The van der Waals surface area contributed by atoms with Gasteiger partial charge in [0.2, 0.25) is 12.7 Å². The number of ether oxygens (including phenoxy) is 2. The number of carbonyl (C=O) groups excluding carboxylic acids is 1. The number of hydrogen-bond donors (Lipinski definition) is 0. The summed E-state index contributed by atoms with van der Waals surface area (Å²) in [6.07, 6.45) is 6.22. The standard InChI is InChI=1S/C24H23NO3S/c26-23-11-17-8-9-24(12-19(14-25(23)24)29-18-4-2-1-3-5-18)13-20(17)16-6-7-21-22(10-16)28-15-27-21/h1-7,10,13,17,19H,8-9,11-12,14-15H2. The molecule has 2 fully saturated rings. The fraction of sp³-hybridized carbons (Fsp3) is 0.375. The molecular weight excluding hydrogens is 382 g/mol. The lowest BCUT2D eigenvalue weighted by atomic mass is 9.75. The maximum Gasteiger partial charge on any atom is 0.231 e. The second kappa shape index (κ2) is 6.56. The fourth-order valence-electron chi connectivity index (χ4n) is 5.44. The van der Waals surface area contributed by atoms with Crippen molar-refractivity contribution in [2.24, 2.45) is 5.92 Å². The van der Waals surface area contributed by atoms with Crippen LogP contribution in [0, 0.1) is 5.92 Å². The Balaban J connectivity index is 1.35. The summed E-state index contributed by atoms with van der Waals surface area (Å²) < 4.78 is 11.1. The summed E-state index contributed by atoms with van der Waals surface area (Å²) in [5, 5.41) is 0.435. The first kappa shape index (κ1) is 17.5. The quantitative estimate of drug-likeness (QED) is 0.739. The van der Waals surface area contributed by atoms with E-state index in [0.29, 0.717) is 23.5 Å². The number of rotatable bonds is 3. The van der Waals surface area contributed by atoms with E-state index in [1.54, 1.807) is 0 Å². The molecule has 5 aliphatic rings. The molecule has 29 heavy (non-hydrogen) atoms. The molecule has 7 rings (SSSR count). The molecule has 0 aromatic heterocycles. The van der Waals surface area contributed by atoms with Gasteiger partial charge in [0.1, 0.15) is 0 Å². The SMILES string of the molecule is O=C1CC2CCC3(C=C2c2ccc4c(c2)OCO4)CC(Sc2ccccc2)CN13. The van der Waals surface area contributed by atoms with E-state index in [9.17, 15) is 4.79 Å². The van der Waals surface area contributed by atoms with Gasteiger partial charge in [-0.15, -0.1) is 11.8 Å². The first-order valence-corrected chi connectivity index (χ1v) is 11.2. The largest absolute Gasteiger partial charge is 0.454 e. The highest BCUT2D eigenvalue weighted by atomic mass is 32.2. The van der Waals surface area contributed by atoms with Crippen molar-refractivity contribution < 1.29 is 14.3 Å². The summed E-state index contributed by atoms with van der Waals surface area (Å²) in [6, 6.07) is 16.8. The van der Waals surface area contributed by atoms with E-state index >= 15 is 0 Å². The van der Waals surface area contributed by atoms with E-state index in [4.69, 9.17) is 9.47 Å². The molecule has 0 radical (unpaired) electrons. The fourth-order valence-corrected chi connectivity index (χ4v) is 6.73. The predicted octanol–water partition coefficient (Wildman–Crippen LogP) is 4.74. The summed E-state index contributed by atoms with van der Waals surface area (Å²) in [6.45, 7) is 1.13. The molecule has 2 bridgehead atoms. The van der Waals surface area contributed by atoms with E-state index in [-0.39, 0.29) is 12.3 Å². The van der Waals surface area contributed by atoms with Crippen molar-refractivity contribution in [2.75, 3.05) is 13.3 Å². The summed E-state index contributed by atoms with van der Waals surface area (Å²) in [4.78, 5) is 16.6. The van der Waals surface area contributed by atoms with Crippen LogP contribution in [-0.2, 0) is 4.79 Å². The third kappa shape index (κ3) is 2.86. The molecule has 4 nitrogen and oxygen atoms in total. The minimum Gasteiger partial charge on any atom is -0.454 e. The Bertz CT molecular complexity index is 1000. The number of carbonyl (C=O) groups is 1. The van der Waals surface area contributed by atoms with Gasteiger partial charge < -0.3 is 14.4 Å². The van der Waals surface area contributed by atoms with Gasteiger partial charge in [-0.2, -0.15) is 0 Å². The van der Waals surface area contributed by atoms with Gasteiger partial charge in [-0.3, -0.25) is 4.79 Å². The molecule has 4 heterocycles. The van der Waals surface area contributed by atoms with Crippen molar-refractivity contribution in [3.05, 3.63) is 60.2 Å². The van der Waals surface area contributed by atoms with Gasteiger partial charge in [-0.25, -0.2) is 0 Å². The molecule has 4 aliphatic heterocycles. The van der Waals surface area contributed by atoms with Gasteiger partial charge in [0.15, 0.2) is 11.5 Å². The van der Waals surface area contributed by atoms with Crippen LogP contribution in [-0.4, -0.2) is 34.9 Å². The van der Waals surface area contributed by atoms with Gasteiger partial charge in [-0.05, 0) is 60.6 Å². The summed E-state index contributed by atoms with van der Waals surface area (Å²) in [5.74, 6) is 2.24. The second-order valence-corrected chi connectivity index (χ2v) is 9.85. The monoisotopic (exact) mass is 405 g/mol. The number of thioether (sulfide) groups is 1. The van der Waals surface area contributed by atoms with Crippen molar-refractivity contribution in [1.29, 1.82) is 0 Å². The lowest BCUT2D eigenvalue weighted by Gasteiger charge is -2.37. The maximum absolute atomic E-state index is 13.2. The van der Waals surface area contributed by atoms with Crippen LogP contribution in [0.3, 0.4) is 0 Å². The molecule has 148 valence electrons. The second-order valence-electron chi connectivity index (χ2n) is 8.47. The normalized spacial score (nSPS) is 29.6. The molecule has 0 N–H and O–H groups in total. The topological polar surface area (TPSA) is 38.8 Å². The molecule has 5 heteroatoms. The van der Waals surface area contributed by atoms with E-state index in [1.807, 2.05) is 17.8 Å². The zero-order chi connectivity index (χ0) is 19.4. The highest BCUT2D eigenvalue weighted by Gasteiger charge is 2.52. The number of fused-ring (bicyclic) bond motifs is 3. The van der Waals surface area contributed by atoms with Crippen molar-refractivity contribution in [3.8, 4) is 11.5 Å². The van der Waals surface area contributed by atoms with Crippen molar-refractivity contribution in [2.45, 2.75) is 41.4 Å². The Morgan fingerprint density at radius 3 is 2.83 bits per heavy atom. The number of amides is 1. The van der Waals surface area contributed by atoms with E-state index in [1.165, 1.54) is 16.0 Å². The molecular formula is C24H23NO3S. The molecule has 3 atom stereocenters. The Morgan fingerprint density at radius 1 is 1.07 bits per heavy atom. The van der Waals surface area contributed by atoms with Crippen LogP contribution in [0.15, 0.2) is 59.5 Å². The van der Waals surface area contributed by atoms with Crippen molar-refractivity contribution in [3.63, 3.8) is 0 Å². The molecule has 2 aromatic rings. The van der Waals surface area contributed by atoms with E-state index in [0.717, 1.165) is 37.3 Å². The van der Waals surface area contributed by atoms with Crippen LogP contribution in [0.25, 0.3) is 5.57 Å². The molecule has 1 spiro atoms. The van der Waals surface area contributed by atoms with Crippen LogP contribution in [0.2, 0.25) is 0 Å². The third-order valence-electron chi connectivity index (χ3n) is 6.77. The van der Waals surface area contributed by atoms with Gasteiger partial charge in [0.25, 0.3) is 0 Å². The van der Waals surface area contributed by atoms with Crippen molar-refractivity contribution in [1.82, 2.24) is 4.90 Å². The zero-order valence-electron chi connectivity index (χ0n) is 16.2. The third-order valence-corrected chi connectivity index (χ3v) is 7.96. The zero-order valence-corrected chi connectivity index (χ0v) is 17.0. The smallest absolute Gasteiger partial charge is 0.231 e. The maximum atomic E-state index is 13.2. The van der Waals surface area contributed by atoms with Gasteiger partial charge >= 0.3 is 0 Å². The Morgan fingerprint density at radius 2 is 1.93 bits per heavy atom. The molecule has 2 saturated heterocycles. The Kier molecular flexibility index (Phi) is 3.95. The number of benzene rings is 2. The minimum atomic E-state index is -0.137. The molecule has 1 amide bonds. The number of nitrogens with zero attached hydrogens (tertiary/aromatic N) is 1. The van der Waals surface area contributed by atoms with E-state index < -0.39 is 0 Å². The van der Waals surface area contributed by atoms with Crippen LogP contribution < -0.4 is 9.47 Å². The van der Waals surface area contributed by atoms with Crippen LogP contribution >= 0.6 is 11.8 Å². The lowest BCUT2D eigenvalue weighted by Crippen LogP contribution is -2.44. The van der Waals surface area contributed by atoms with E-state index in [2.05, 4.69) is 53.4 Å². The molecule has 0 saturated carbocycles. The number of allylic oxidation sites excluding steroid dienone is 1. The van der Waals surface area contributed by atoms with Crippen LogP contribution in [0.5, 0.6) is 11.5 Å². The molecule has 1 aliphatic carbocycles. The first-order valence-electron chi connectivity index (χ1n) is 10.4. The average molecular weight is 406 g/mol. The highest BCUT2D eigenvalue weighted by molar-refractivity contribution is 8.00. The first-order chi connectivity index (χ1) is 14.2. The lowest BCUT2D eigenvalue weighted by molar-refractivity contribution is -0.133. The van der Waals surface area contributed by atoms with Gasteiger partial charge in [0.05, 0.1) is 5.54 Å².